The van der Waals surface area contributed by atoms with E-state index in [1.54, 1.807) is 0 Å². The van der Waals surface area contributed by atoms with Gasteiger partial charge in [0, 0.05) is 39.1 Å². The summed E-state index contributed by atoms with van der Waals surface area (Å²) in [5, 5.41) is 0. The lowest BCUT2D eigenvalue weighted by atomic mass is 10.0. The van der Waals surface area contributed by atoms with Gasteiger partial charge in [-0.2, -0.15) is 0 Å². The Kier molecular flexibility index (Phi) is 5.02. The van der Waals surface area contributed by atoms with Crippen molar-refractivity contribution in [2.75, 3.05) is 37.7 Å². The molecule has 2 fully saturated rings. The second-order valence-corrected chi connectivity index (χ2v) is 8.84. The summed E-state index contributed by atoms with van der Waals surface area (Å²) in [5.74, 6) is 0.573. The number of nitrogens with zero attached hydrogens (tertiary/aromatic N) is 2. The minimum absolute atomic E-state index is 0.0230. The highest BCUT2D eigenvalue weighted by atomic mass is 32.2. The molecule has 3 rings (SSSR count). The summed E-state index contributed by atoms with van der Waals surface area (Å²) in [5.41, 5.74) is 1.29. The number of carbonyl (C=O) groups excluding carboxylic acids is 1. The molecular weight excluding hydrogens is 312 g/mol. The van der Waals surface area contributed by atoms with Gasteiger partial charge in [-0.15, -0.1) is 0 Å². The van der Waals surface area contributed by atoms with Crippen LogP contribution in [-0.2, 0) is 21.2 Å². The van der Waals surface area contributed by atoms with Crippen molar-refractivity contribution < 1.29 is 13.2 Å². The van der Waals surface area contributed by atoms with Crippen molar-refractivity contribution in [3.05, 3.63) is 35.9 Å². The lowest BCUT2D eigenvalue weighted by Crippen LogP contribution is -2.48. The quantitative estimate of drug-likeness (QED) is 0.828. The molecule has 0 bridgehead atoms. The van der Waals surface area contributed by atoms with E-state index in [1.807, 2.05) is 23.1 Å². The fourth-order valence-electron chi connectivity index (χ4n) is 3.41. The van der Waals surface area contributed by atoms with Crippen LogP contribution in [0.5, 0.6) is 0 Å². The Bertz CT molecular complexity index is 637. The van der Waals surface area contributed by atoms with Crippen LogP contribution in [0.4, 0.5) is 0 Å². The van der Waals surface area contributed by atoms with Crippen LogP contribution < -0.4 is 0 Å². The largest absolute Gasteiger partial charge is 0.340 e. The van der Waals surface area contributed by atoms with Gasteiger partial charge in [0.05, 0.1) is 11.5 Å². The fourth-order valence-corrected chi connectivity index (χ4v) is 5.27. The summed E-state index contributed by atoms with van der Waals surface area (Å²) in [6, 6.07) is 10.4. The number of benzene rings is 1. The zero-order valence-corrected chi connectivity index (χ0v) is 14.2. The van der Waals surface area contributed by atoms with Gasteiger partial charge in [0.15, 0.2) is 9.84 Å². The number of hydrogen-bond donors (Lipinski definition) is 0. The SMILES string of the molecule is O=C(C[C@H]1CCS(=O)(=O)C1)N1CCN(Cc2ccccc2)CC1. The predicted octanol–water partition coefficient (Wildman–Crippen LogP) is 1.16. The summed E-state index contributed by atoms with van der Waals surface area (Å²) in [6.07, 6.45) is 1.03. The molecule has 0 unspecified atom stereocenters. The lowest BCUT2D eigenvalue weighted by Gasteiger charge is -2.35. The first-order valence-corrected chi connectivity index (χ1v) is 10.1. The molecule has 6 heteroatoms. The number of piperazine rings is 1. The molecule has 0 aromatic heterocycles. The third-order valence-electron chi connectivity index (χ3n) is 4.76. The Balaban J connectivity index is 1.44. The van der Waals surface area contributed by atoms with Crippen LogP contribution in [0, 0.1) is 5.92 Å². The van der Waals surface area contributed by atoms with Gasteiger partial charge in [-0.05, 0) is 17.9 Å². The van der Waals surface area contributed by atoms with Crippen LogP contribution in [0.3, 0.4) is 0 Å². The number of amides is 1. The van der Waals surface area contributed by atoms with Crippen LogP contribution in [0.15, 0.2) is 30.3 Å². The highest BCUT2D eigenvalue weighted by Gasteiger charge is 2.31. The van der Waals surface area contributed by atoms with Crippen molar-refractivity contribution in [3.63, 3.8) is 0 Å². The topological polar surface area (TPSA) is 57.7 Å². The van der Waals surface area contributed by atoms with E-state index in [2.05, 4.69) is 17.0 Å². The molecule has 2 saturated heterocycles. The summed E-state index contributed by atoms with van der Waals surface area (Å²) >= 11 is 0. The van der Waals surface area contributed by atoms with Gasteiger partial charge < -0.3 is 4.90 Å². The van der Waals surface area contributed by atoms with Crippen molar-refractivity contribution in [3.8, 4) is 0 Å². The minimum Gasteiger partial charge on any atom is -0.340 e. The van der Waals surface area contributed by atoms with Crippen LogP contribution in [0.2, 0.25) is 0 Å². The van der Waals surface area contributed by atoms with Gasteiger partial charge in [0.1, 0.15) is 0 Å². The summed E-state index contributed by atoms with van der Waals surface area (Å²) in [4.78, 5) is 16.6. The molecule has 1 aromatic carbocycles. The Hall–Kier alpha value is -1.40. The van der Waals surface area contributed by atoms with Gasteiger partial charge in [0.25, 0.3) is 0 Å². The number of sulfone groups is 1. The smallest absolute Gasteiger partial charge is 0.222 e. The molecule has 0 saturated carbocycles. The Morgan fingerprint density at radius 3 is 2.39 bits per heavy atom. The molecule has 0 spiro atoms. The molecular formula is C17H24N2O3S. The van der Waals surface area contributed by atoms with Crippen molar-refractivity contribution in [1.29, 1.82) is 0 Å². The van der Waals surface area contributed by atoms with Crippen molar-refractivity contribution in [1.82, 2.24) is 9.80 Å². The number of rotatable bonds is 4. The molecule has 23 heavy (non-hydrogen) atoms. The van der Waals surface area contributed by atoms with E-state index in [0.717, 1.165) is 32.7 Å². The van der Waals surface area contributed by atoms with Crippen molar-refractivity contribution >= 4 is 15.7 Å². The van der Waals surface area contributed by atoms with Gasteiger partial charge >= 0.3 is 0 Å². The van der Waals surface area contributed by atoms with Gasteiger partial charge in [-0.3, -0.25) is 9.69 Å². The fraction of sp³-hybridized carbons (Fsp3) is 0.588. The molecule has 2 heterocycles. The Morgan fingerprint density at radius 2 is 1.78 bits per heavy atom. The maximum atomic E-state index is 12.3. The van der Waals surface area contributed by atoms with Gasteiger partial charge in [-0.1, -0.05) is 30.3 Å². The molecule has 2 aliphatic rings. The molecule has 1 aromatic rings. The monoisotopic (exact) mass is 336 g/mol. The molecule has 0 N–H and O–H groups in total. The van der Waals surface area contributed by atoms with E-state index in [9.17, 15) is 13.2 Å². The molecule has 0 radical (unpaired) electrons. The second-order valence-electron chi connectivity index (χ2n) is 6.62. The van der Waals surface area contributed by atoms with Gasteiger partial charge in [-0.25, -0.2) is 8.42 Å². The molecule has 1 amide bonds. The van der Waals surface area contributed by atoms with Crippen LogP contribution in [0.25, 0.3) is 0 Å². The van der Waals surface area contributed by atoms with Crippen LogP contribution >= 0.6 is 0 Å². The highest BCUT2D eigenvalue weighted by molar-refractivity contribution is 7.91. The zero-order valence-electron chi connectivity index (χ0n) is 13.4. The van der Waals surface area contributed by atoms with E-state index in [1.165, 1.54) is 5.56 Å². The predicted molar refractivity (Wildman–Crippen MR) is 89.7 cm³/mol. The first-order chi connectivity index (χ1) is 11.0. The summed E-state index contributed by atoms with van der Waals surface area (Å²) in [6.45, 7) is 4.16. The number of hydrogen-bond acceptors (Lipinski definition) is 4. The van der Waals surface area contributed by atoms with Gasteiger partial charge in [0.2, 0.25) is 5.91 Å². The minimum atomic E-state index is -2.89. The highest BCUT2D eigenvalue weighted by Crippen LogP contribution is 2.22. The standard InChI is InChI=1S/C17H24N2O3S/c20-17(12-16-6-11-23(21,22)14-16)19-9-7-18(8-10-19)13-15-4-2-1-3-5-15/h1-5,16H,6-14H2/t16-/m1/s1. The first-order valence-electron chi connectivity index (χ1n) is 8.26. The third-order valence-corrected chi connectivity index (χ3v) is 6.60. The van der Waals surface area contributed by atoms with E-state index < -0.39 is 9.84 Å². The molecule has 5 nitrogen and oxygen atoms in total. The normalized spacial score (nSPS) is 24.7. The summed E-state index contributed by atoms with van der Waals surface area (Å²) < 4.78 is 23.0. The molecule has 126 valence electrons. The van der Waals surface area contributed by atoms with Crippen molar-refractivity contribution in [2.24, 2.45) is 5.92 Å². The third kappa shape index (κ3) is 4.54. The first kappa shape index (κ1) is 16.5. The van der Waals surface area contributed by atoms with E-state index in [0.29, 0.717) is 12.8 Å². The van der Waals surface area contributed by atoms with E-state index >= 15 is 0 Å². The summed E-state index contributed by atoms with van der Waals surface area (Å²) in [7, 11) is -2.89. The Morgan fingerprint density at radius 1 is 1.09 bits per heavy atom. The van der Waals surface area contributed by atoms with Crippen molar-refractivity contribution in [2.45, 2.75) is 19.4 Å². The maximum absolute atomic E-state index is 12.3. The second kappa shape index (κ2) is 7.01. The molecule has 1 atom stereocenters. The van der Waals surface area contributed by atoms with Crippen LogP contribution in [0.1, 0.15) is 18.4 Å². The zero-order chi connectivity index (χ0) is 16.3. The average Bonchev–Trinajstić information content (AvgIpc) is 2.88. The Labute approximate surface area is 138 Å². The average molecular weight is 336 g/mol. The maximum Gasteiger partial charge on any atom is 0.222 e. The lowest BCUT2D eigenvalue weighted by molar-refractivity contribution is -0.133. The van der Waals surface area contributed by atoms with E-state index in [4.69, 9.17) is 0 Å². The van der Waals surface area contributed by atoms with Crippen LogP contribution in [-0.4, -0.2) is 61.8 Å². The van der Waals surface area contributed by atoms with E-state index in [-0.39, 0.29) is 23.3 Å². The molecule has 2 aliphatic heterocycles. The molecule has 0 aliphatic carbocycles. The number of carbonyl (C=O) groups is 1.